The zero-order chi connectivity index (χ0) is 29.0. The Hall–Kier alpha value is -3.83. The summed E-state index contributed by atoms with van der Waals surface area (Å²) in [5.74, 6) is -2.39. The highest BCUT2D eigenvalue weighted by Crippen LogP contribution is 2.32. The second kappa shape index (κ2) is 12.6. The number of amides is 1. The van der Waals surface area contributed by atoms with Crippen molar-refractivity contribution < 1.29 is 39.1 Å². The number of halogens is 1. The fraction of sp³-hybridized carbons (Fsp3) is 0.500. The highest BCUT2D eigenvalue weighted by molar-refractivity contribution is 5.92. The Balaban J connectivity index is 1.56. The molecule has 0 aliphatic carbocycles. The molecule has 4 rings (SSSR count). The third-order valence-electron chi connectivity index (χ3n) is 6.77. The van der Waals surface area contributed by atoms with Crippen LogP contribution in [0.4, 0.5) is 4.39 Å². The molecule has 3 heterocycles. The standard InChI is InChI=1S/C24H31FN8O7/c1-31(22(37)16-11-32(29-28-16)17(24(38)39)7-2-3-8-26)23-21(36)19(20(35)18(12-34)40-23)33-10-15(27-30-33)13-5-4-6-14(25)9-13/h4-6,9-11,17-21,23,34-36H,2-3,7-8,12,26H2,1H3,(H,38,39)/t17-,18?,19-,20-,21?,23?/m0/s1. The first kappa shape index (κ1) is 29.2. The first-order chi connectivity index (χ1) is 19.2. The number of unbranched alkanes of at least 4 members (excludes halogenated alkanes) is 1. The van der Waals surface area contributed by atoms with E-state index in [1.807, 2.05) is 0 Å². The molecule has 0 bridgehead atoms. The molecule has 1 amide bonds. The van der Waals surface area contributed by atoms with Gasteiger partial charge in [-0.05, 0) is 37.9 Å². The summed E-state index contributed by atoms with van der Waals surface area (Å²) in [4.78, 5) is 26.0. The fourth-order valence-corrected chi connectivity index (χ4v) is 4.59. The van der Waals surface area contributed by atoms with Crippen LogP contribution in [-0.4, -0.2) is 112 Å². The molecule has 6 atom stereocenters. The van der Waals surface area contributed by atoms with Gasteiger partial charge in [0.2, 0.25) is 0 Å². The van der Waals surface area contributed by atoms with Gasteiger partial charge in [-0.3, -0.25) is 4.79 Å². The van der Waals surface area contributed by atoms with Crippen LogP contribution in [0.25, 0.3) is 11.3 Å². The predicted molar refractivity (Wildman–Crippen MR) is 134 cm³/mol. The molecule has 216 valence electrons. The number of carboxylic acids is 1. The summed E-state index contributed by atoms with van der Waals surface area (Å²) in [7, 11) is 1.31. The van der Waals surface area contributed by atoms with Crippen LogP contribution in [-0.2, 0) is 9.53 Å². The van der Waals surface area contributed by atoms with E-state index < -0.39 is 60.9 Å². The van der Waals surface area contributed by atoms with E-state index in [1.54, 1.807) is 6.07 Å². The number of carbonyl (C=O) groups is 2. The van der Waals surface area contributed by atoms with E-state index in [4.69, 9.17) is 10.5 Å². The zero-order valence-electron chi connectivity index (χ0n) is 21.6. The van der Waals surface area contributed by atoms with Crippen LogP contribution in [0.1, 0.15) is 41.8 Å². The van der Waals surface area contributed by atoms with Gasteiger partial charge in [0.15, 0.2) is 18.0 Å². The van der Waals surface area contributed by atoms with E-state index in [0.717, 1.165) is 9.58 Å². The maximum absolute atomic E-state index is 13.7. The van der Waals surface area contributed by atoms with E-state index in [9.17, 15) is 34.4 Å². The number of likely N-dealkylation sites (N-methyl/N-ethyl adjacent to an activating group) is 1. The molecule has 40 heavy (non-hydrogen) atoms. The minimum absolute atomic E-state index is 0.208. The lowest BCUT2D eigenvalue weighted by Gasteiger charge is -2.44. The number of nitrogens with zero attached hydrogens (tertiary/aromatic N) is 7. The average molecular weight is 563 g/mol. The molecular formula is C24H31FN8O7. The van der Waals surface area contributed by atoms with Crippen molar-refractivity contribution in [2.24, 2.45) is 5.73 Å². The molecule has 1 aliphatic rings. The SMILES string of the molecule is CN(C(=O)c1cn([C@@H](CCCCN)C(=O)O)nn1)C1OC(CO)[C@H](O)[C@H](n2cc(-c3cccc(F)c3)nn2)C1O. The Bertz CT molecular complexity index is 1320. The molecule has 0 saturated carbocycles. The van der Waals surface area contributed by atoms with E-state index in [0.29, 0.717) is 24.9 Å². The molecule has 1 saturated heterocycles. The quantitative estimate of drug-likeness (QED) is 0.181. The lowest BCUT2D eigenvalue weighted by atomic mass is 9.95. The van der Waals surface area contributed by atoms with Crippen molar-refractivity contribution in [2.75, 3.05) is 20.2 Å². The van der Waals surface area contributed by atoms with Crippen molar-refractivity contribution in [1.29, 1.82) is 0 Å². The number of aliphatic hydroxyl groups excluding tert-OH is 3. The van der Waals surface area contributed by atoms with E-state index in [2.05, 4.69) is 20.6 Å². The first-order valence-electron chi connectivity index (χ1n) is 12.6. The molecule has 15 nitrogen and oxygen atoms in total. The van der Waals surface area contributed by atoms with Crippen LogP contribution >= 0.6 is 0 Å². The van der Waals surface area contributed by atoms with E-state index >= 15 is 0 Å². The number of carboxylic acid groups (broad SMARTS) is 1. The van der Waals surface area contributed by atoms with Gasteiger partial charge in [-0.1, -0.05) is 22.6 Å². The molecule has 1 fully saturated rings. The summed E-state index contributed by atoms with van der Waals surface area (Å²) in [6, 6.07) is 3.36. The van der Waals surface area contributed by atoms with Gasteiger partial charge in [0, 0.05) is 12.6 Å². The minimum atomic E-state index is -1.56. The summed E-state index contributed by atoms with van der Waals surface area (Å²) >= 11 is 0. The number of aliphatic carboxylic acids is 1. The van der Waals surface area contributed by atoms with Crippen molar-refractivity contribution >= 4 is 11.9 Å². The molecule has 16 heteroatoms. The van der Waals surface area contributed by atoms with Gasteiger partial charge in [-0.15, -0.1) is 10.2 Å². The summed E-state index contributed by atoms with van der Waals surface area (Å²) in [6.07, 6.45) is -1.64. The molecule has 6 N–H and O–H groups in total. The molecular weight excluding hydrogens is 531 g/mol. The third-order valence-corrected chi connectivity index (χ3v) is 6.77. The molecule has 0 radical (unpaired) electrons. The number of aliphatic hydroxyl groups is 3. The van der Waals surface area contributed by atoms with E-state index in [1.165, 1.54) is 42.3 Å². The van der Waals surface area contributed by atoms with Crippen LogP contribution in [0.15, 0.2) is 36.7 Å². The number of aromatic nitrogens is 6. The van der Waals surface area contributed by atoms with E-state index in [-0.39, 0.29) is 17.8 Å². The number of rotatable bonds is 11. The van der Waals surface area contributed by atoms with Crippen molar-refractivity contribution in [3.63, 3.8) is 0 Å². The predicted octanol–water partition coefficient (Wildman–Crippen LogP) is -0.817. The monoisotopic (exact) mass is 562 g/mol. The highest BCUT2D eigenvalue weighted by atomic mass is 19.1. The topological polar surface area (TPSA) is 215 Å². The van der Waals surface area contributed by atoms with Gasteiger partial charge in [0.05, 0.1) is 19.0 Å². The third kappa shape index (κ3) is 6.00. The lowest BCUT2D eigenvalue weighted by molar-refractivity contribution is -0.235. The summed E-state index contributed by atoms with van der Waals surface area (Å²) < 4.78 is 21.6. The first-order valence-corrected chi connectivity index (χ1v) is 12.6. The van der Waals surface area contributed by atoms with Crippen LogP contribution in [0.3, 0.4) is 0 Å². The summed E-state index contributed by atoms with van der Waals surface area (Å²) in [5, 5.41) is 57.1. The van der Waals surface area contributed by atoms with Gasteiger partial charge in [0.1, 0.15) is 35.9 Å². The smallest absolute Gasteiger partial charge is 0.328 e. The van der Waals surface area contributed by atoms with Crippen molar-refractivity contribution in [3.05, 3.63) is 48.2 Å². The number of nitrogens with two attached hydrogens (primary N) is 1. The van der Waals surface area contributed by atoms with Crippen LogP contribution < -0.4 is 5.73 Å². The van der Waals surface area contributed by atoms with Gasteiger partial charge in [-0.25, -0.2) is 18.5 Å². The van der Waals surface area contributed by atoms with Crippen LogP contribution in [0.5, 0.6) is 0 Å². The van der Waals surface area contributed by atoms with Crippen molar-refractivity contribution in [1.82, 2.24) is 34.9 Å². The van der Waals surface area contributed by atoms with Crippen LogP contribution in [0.2, 0.25) is 0 Å². The number of hydrogen-bond acceptors (Lipinski definition) is 11. The molecule has 1 aromatic carbocycles. The Morgan fingerprint density at radius 1 is 1.18 bits per heavy atom. The van der Waals surface area contributed by atoms with Gasteiger partial charge < -0.3 is 35.8 Å². The van der Waals surface area contributed by atoms with Gasteiger partial charge in [-0.2, -0.15) is 0 Å². The molecule has 3 unspecified atom stereocenters. The normalized spacial score (nSPS) is 23.6. The molecule has 1 aliphatic heterocycles. The van der Waals surface area contributed by atoms with Crippen molar-refractivity contribution in [2.45, 2.75) is 55.9 Å². The number of carbonyl (C=O) groups excluding carboxylic acids is 1. The minimum Gasteiger partial charge on any atom is -0.480 e. The van der Waals surface area contributed by atoms with Gasteiger partial charge >= 0.3 is 5.97 Å². The van der Waals surface area contributed by atoms with Crippen molar-refractivity contribution in [3.8, 4) is 11.3 Å². The second-order valence-electron chi connectivity index (χ2n) is 9.45. The highest BCUT2D eigenvalue weighted by Gasteiger charge is 2.48. The largest absolute Gasteiger partial charge is 0.480 e. The van der Waals surface area contributed by atoms with Crippen LogP contribution in [0, 0.1) is 5.82 Å². The second-order valence-corrected chi connectivity index (χ2v) is 9.45. The Morgan fingerprint density at radius 3 is 2.62 bits per heavy atom. The summed E-state index contributed by atoms with van der Waals surface area (Å²) in [5.41, 5.74) is 5.95. The maximum atomic E-state index is 13.7. The Kier molecular flexibility index (Phi) is 9.16. The Morgan fingerprint density at radius 2 is 1.95 bits per heavy atom. The maximum Gasteiger partial charge on any atom is 0.328 e. The molecule has 3 aromatic rings. The molecule has 2 aromatic heterocycles. The fourth-order valence-electron chi connectivity index (χ4n) is 4.59. The average Bonchev–Trinajstić information content (AvgIpc) is 3.61. The lowest BCUT2D eigenvalue weighted by Crippen LogP contribution is -2.61. The summed E-state index contributed by atoms with van der Waals surface area (Å²) in [6.45, 7) is -0.235. The molecule has 0 spiro atoms. The Labute approximate surface area is 227 Å². The zero-order valence-corrected chi connectivity index (χ0v) is 21.6. The number of hydrogen-bond donors (Lipinski definition) is 5. The number of ether oxygens (including phenoxy) is 1. The van der Waals surface area contributed by atoms with Gasteiger partial charge in [0.25, 0.3) is 5.91 Å². The number of benzene rings is 1.